The first-order valence-electron chi connectivity index (χ1n) is 5.51. The standard InChI is InChI=1S/C9H19F3N2O2S/c10-9(11,12)5-1-3-7-14-17(15,16)8-4-2-6-13/h14H,1-8,13H2. The molecule has 0 rings (SSSR count). The van der Waals surface area contributed by atoms with Crippen LogP contribution in [0.2, 0.25) is 0 Å². The molecule has 0 aliphatic rings. The first-order chi connectivity index (χ1) is 7.77. The summed E-state index contributed by atoms with van der Waals surface area (Å²) >= 11 is 0. The Labute approximate surface area is 99.8 Å². The molecule has 0 heterocycles. The highest BCUT2D eigenvalue weighted by atomic mass is 32.2. The van der Waals surface area contributed by atoms with Gasteiger partial charge in [-0.3, -0.25) is 0 Å². The molecule has 0 aromatic carbocycles. The lowest BCUT2D eigenvalue weighted by molar-refractivity contribution is -0.135. The Morgan fingerprint density at radius 1 is 1.06 bits per heavy atom. The maximum Gasteiger partial charge on any atom is 0.389 e. The van der Waals surface area contributed by atoms with Crippen LogP contribution in [0.25, 0.3) is 0 Å². The van der Waals surface area contributed by atoms with Gasteiger partial charge in [0.2, 0.25) is 10.0 Å². The number of rotatable bonds is 9. The summed E-state index contributed by atoms with van der Waals surface area (Å²) in [5, 5.41) is 0. The monoisotopic (exact) mass is 276 g/mol. The molecular weight excluding hydrogens is 257 g/mol. The van der Waals surface area contributed by atoms with Gasteiger partial charge in [-0.15, -0.1) is 0 Å². The lowest BCUT2D eigenvalue weighted by Crippen LogP contribution is -2.27. The summed E-state index contributed by atoms with van der Waals surface area (Å²) in [6, 6.07) is 0. The molecule has 0 aliphatic heterocycles. The summed E-state index contributed by atoms with van der Waals surface area (Å²) in [7, 11) is -3.36. The van der Waals surface area contributed by atoms with Gasteiger partial charge in [-0.05, 0) is 32.2 Å². The maximum atomic E-state index is 11.8. The summed E-state index contributed by atoms with van der Waals surface area (Å²) in [6.45, 7) is 0.488. The Balaban J connectivity index is 3.59. The molecule has 0 radical (unpaired) electrons. The van der Waals surface area contributed by atoms with Crippen molar-refractivity contribution in [1.82, 2.24) is 4.72 Å². The lowest BCUT2D eigenvalue weighted by atomic mass is 10.2. The highest BCUT2D eigenvalue weighted by Crippen LogP contribution is 2.21. The van der Waals surface area contributed by atoms with Crippen molar-refractivity contribution in [3.8, 4) is 0 Å². The van der Waals surface area contributed by atoms with Crippen LogP contribution in [-0.4, -0.2) is 33.4 Å². The van der Waals surface area contributed by atoms with Crippen LogP contribution in [0.5, 0.6) is 0 Å². The van der Waals surface area contributed by atoms with Gasteiger partial charge >= 0.3 is 6.18 Å². The van der Waals surface area contributed by atoms with Crippen LogP contribution in [0, 0.1) is 0 Å². The van der Waals surface area contributed by atoms with Gasteiger partial charge in [0.25, 0.3) is 0 Å². The Bertz CT molecular complexity index is 291. The van der Waals surface area contributed by atoms with E-state index < -0.39 is 22.6 Å². The van der Waals surface area contributed by atoms with E-state index in [1.54, 1.807) is 0 Å². The third-order valence-electron chi connectivity index (χ3n) is 2.08. The molecule has 0 amide bonds. The smallest absolute Gasteiger partial charge is 0.330 e. The largest absolute Gasteiger partial charge is 0.389 e. The first kappa shape index (κ1) is 16.7. The molecule has 0 saturated carbocycles. The number of sulfonamides is 1. The molecule has 0 spiro atoms. The van der Waals surface area contributed by atoms with Crippen molar-refractivity contribution in [2.75, 3.05) is 18.8 Å². The van der Waals surface area contributed by atoms with E-state index in [0.717, 1.165) is 0 Å². The number of unbranched alkanes of at least 4 members (excludes halogenated alkanes) is 2. The fourth-order valence-electron chi connectivity index (χ4n) is 1.19. The zero-order valence-electron chi connectivity index (χ0n) is 9.59. The third-order valence-corrected chi connectivity index (χ3v) is 3.55. The van der Waals surface area contributed by atoms with Crippen LogP contribution < -0.4 is 10.5 Å². The number of halogens is 3. The minimum absolute atomic E-state index is 0.0243. The molecule has 17 heavy (non-hydrogen) atoms. The molecule has 104 valence electrons. The van der Waals surface area contributed by atoms with E-state index in [-0.39, 0.29) is 25.1 Å². The van der Waals surface area contributed by atoms with Crippen molar-refractivity contribution in [1.29, 1.82) is 0 Å². The van der Waals surface area contributed by atoms with Crippen LogP contribution in [0.4, 0.5) is 13.2 Å². The summed E-state index contributed by atoms with van der Waals surface area (Å²) in [5.74, 6) is -0.0243. The molecule has 3 N–H and O–H groups in total. The van der Waals surface area contributed by atoms with E-state index in [1.165, 1.54) is 0 Å². The summed E-state index contributed by atoms with van der Waals surface area (Å²) in [6.07, 6.45) is -3.82. The normalized spacial score (nSPS) is 12.9. The molecule has 0 aromatic rings. The molecule has 0 atom stereocenters. The highest BCUT2D eigenvalue weighted by Gasteiger charge is 2.25. The second-order valence-corrected chi connectivity index (χ2v) is 5.71. The average molecular weight is 276 g/mol. The van der Waals surface area contributed by atoms with Gasteiger partial charge in [0.15, 0.2) is 0 Å². The van der Waals surface area contributed by atoms with Crippen LogP contribution in [0.15, 0.2) is 0 Å². The van der Waals surface area contributed by atoms with E-state index in [9.17, 15) is 21.6 Å². The van der Waals surface area contributed by atoms with Gasteiger partial charge in [-0.2, -0.15) is 13.2 Å². The van der Waals surface area contributed by atoms with E-state index in [2.05, 4.69) is 4.72 Å². The van der Waals surface area contributed by atoms with Crippen molar-refractivity contribution < 1.29 is 21.6 Å². The Kier molecular flexibility index (Phi) is 7.73. The molecule has 0 aromatic heterocycles. The van der Waals surface area contributed by atoms with Gasteiger partial charge in [0.05, 0.1) is 5.75 Å². The third kappa shape index (κ3) is 11.9. The fraction of sp³-hybridized carbons (Fsp3) is 1.00. The second-order valence-electron chi connectivity index (χ2n) is 3.78. The van der Waals surface area contributed by atoms with Gasteiger partial charge < -0.3 is 5.73 Å². The zero-order chi connectivity index (χ0) is 13.4. The Morgan fingerprint density at radius 2 is 1.71 bits per heavy atom. The highest BCUT2D eigenvalue weighted by molar-refractivity contribution is 7.89. The van der Waals surface area contributed by atoms with E-state index in [1.807, 2.05) is 0 Å². The van der Waals surface area contributed by atoms with E-state index in [0.29, 0.717) is 19.4 Å². The van der Waals surface area contributed by atoms with Gasteiger partial charge in [0.1, 0.15) is 0 Å². The SMILES string of the molecule is NCCCCS(=O)(=O)NCCCCC(F)(F)F. The van der Waals surface area contributed by atoms with Crippen LogP contribution in [0.3, 0.4) is 0 Å². The van der Waals surface area contributed by atoms with Gasteiger partial charge in [-0.1, -0.05) is 0 Å². The minimum atomic E-state index is -4.17. The van der Waals surface area contributed by atoms with E-state index >= 15 is 0 Å². The zero-order valence-corrected chi connectivity index (χ0v) is 10.4. The Morgan fingerprint density at radius 3 is 2.24 bits per heavy atom. The average Bonchev–Trinajstić information content (AvgIpc) is 2.15. The summed E-state index contributed by atoms with van der Waals surface area (Å²) < 4.78 is 60.2. The van der Waals surface area contributed by atoms with Crippen molar-refractivity contribution in [3.63, 3.8) is 0 Å². The maximum absolute atomic E-state index is 11.8. The van der Waals surface area contributed by atoms with Crippen LogP contribution >= 0.6 is 0 Å². The Hall–Kier alpha value is -0.340. The lowest BCUT2D eigenvalue weighted by Gasteiger charge is -2.07. The minimum Gasteiger partial charge on any atom is -0.330 e. The van der Waals surface area contributed by atoms with Crippen molar-refractivity contribution in [2.45, 2.75) is 38.3 Å². The molecule has 0 bridgehead atoms. The number of hydrogen-bond donors (Lipinski definition) is 2. The van der Waals surface area contributed by atoms with Crippen molar-refractivity contribution in [2.24, 2.45) is 5.73 Å². The molecule has 4 nitrogen and oxygen atoms in total. The molecular formula is C9H19F3N2O2S. The molecule has 8 heteroatoms. The number of nitrogens with one attached hydrogen (secondary N) is 1. The fourth-order valence-corrected chi connectivity index (χ4v) is 2.37. The summed E-state index contributed by atoms with van der Waals surface area (Å²) in [5.41, 5.74) is 5.22. The first-order valence-corrected chi connectivity index (χ1v) is 7.16. The van der Waals surface area contributed by atoms with Crippen LogP contribution in [-0.2, 0) is 10.0 Å². The topological polar surface area (TPSA) is 72.2 Å². The van der Waals surface area contributed by atoms with Crippen LogP contribution in [0.1, 0.15) is 32.1 Å². The van der Waals surface area contributed by atoms with Crippen molar-refractivity contribution in [3.05, 3.63) is 0 Å². The summed E-state index contributed by atoms with van der Waals surface area (Å²) in [4.78, 5) is 0. The molecule has 0 saturated heterocycles. The molecule has 0 aliphatic carbocycles. The van der Waals surface area contributed by atoms with Gasteiger partial charge in [-0.25, -0.2) is 13.1 Å². The quantitative estimate of drug-likeness (QED) is 0.625. The van der Waals surface area contributed by atoms with Gasteiger partial charge in [0, 0.05) is 13.0 Å². The molecule has 0 unspecified atom stereocenters. The van der Waals surface area contributed by atoms with Crippen molar-refractivity contribution >= 4 is 10.0 Å². The van der Waals surface area contributed by atoms with E-state index in [4.69, 9.17) is 5.73 Å². The number of nitrogens with two attached hydrogens (primary N) is 1. The predicted octanol–water partition coefficient (Wildman–Crippen LogP) is 1.38. The number of alkyl halides is 3. The predicted molar refractivity (Wildman–Crippen MR) is 60.0 cm³/mol. The molecule has 0 fully saturated rings. The second kappa shape index (κ2) is 7.88. The number of hydrogen-bond acceptors (Lipinski definition) is 3.